The number of nitrogens with zero attached hydrogens (tertiary/aromatic N) is 2. The van der Waals surface area contributed by atoms with Crippen molar-refractivity contribution in [3.8, 4) is 0 Å². The van der Waals surface area contributed by atoms with Crippen molar-refractivity contribution in [2.45, 2.75) is 57.4 Å². The highest BCUT2D eigenvalue weighted by Gasteiger charge is 2.50. The van der Waals surface area contributed by atoms with E-state index in [-0.39, 0.29) is 6.04 Å². The Morgan fingerprint density at radius 1 is 1.05 bits per heavy atom. The Labute approximate surface area is 121 Å². The second-order valence-corrected chi connectivity index (χ2v) is 7.73. The van der Waals surface area contributed by atoms with E-state index in [1.54, 1.807) is 6.33 Å². The number of hydrogen-bond acceptors (Lipinski definition) is 3. The molecule has 4 aliphatic rings. The minimum Gasteiger partial charge on any atom is -0.324 e. The van der Waals surface area contributed by atoms with Gasteiger partial charge in [-0.1, -0.05) is 0 Å². The highest BCUT2D eigenvalue weighted by Crippen LogP contribution is 2.61. The quantitative estimate of drug-likeness (QED) is 0.912. The lowest BCUT2D eigenvalue weighted by Gasteiger charge is -2.57. The molecule has 1 aromatic rings. The summed E-state index contributed by atoms with van der Waals surface area (Å²) < 4.78 is 0. The predicted molar refractivity (Wildman–Crippen MR) is 78.8 cm³/mol. The summed E-state index contributed by atoms with van der Waals surface area (Å²) in [6.07, 6.45) is 16.8. The molecule has 2 N–H and O–H groups in total. The molecule has 0 aromatic carbocycles. The van der Waals surface area contributed by atoms with E-state index in [4.69, 9.17) is 5.73 Å². The topological polar surface area (TPSA) is 51.8 Å². The van der Waals surface area contributed by atoms with Gasteiger partial charge < -0.3 is 5.73 Å². The molecular weight excluding hydrogens is 246 g/mol. The van der Waals surface area contributed by atoms with E-state index in [2.05, 4.69) is 9.97 Å². The Morgan fingerprint density at radius 2 is 1.60 bits per heavy atom. The van der Waals surface area contributed by atoms with Crippen LogP contribution in [0.1, 0.15) is 63.0 Å². The SMILES string of the molecule is NC(CCC12CC3CC(CC(C3)C1)C2)c1cncnc1. The molecule has 0 radical (unpaired) electrons. The zero-order valence-corrected chi connectivity index (χ0v) is 12.2. The highest BCUT2D eigenvalue weighted by atomic mass is 14.8. The zero-order chi connectivity index (χ0) is 13.6. The van der Waals surface area contributed by atoms with E-state index < -0.39 is 0 Å². The monoisotopic (exact) mass is 271 g/mol. The molecule has 0 saturated heterocycles. The van der Waals surface area contributed by atoms with E-state index >= 15 is 0 Å². The van der Waals surface area contributed by atoms with Crippen LogP contribution in [0.25, 0.3) is 0 Å². The molecule has 0 aliphatic heterocycles. The van der Waals surface area contributed by atoms with E-state index in [1.807, 2.05) is 12.4 Å². The van der Waals surface area contributed by atoms with Crippen molar-refractivity contribution in [2.75, 3.05) is 0 Å². The number of aromatic nitrogens is 2. The summed E-state index contributed by atoms with van der Waals surface area (Å²) >= 11 is 0. The van der Waals surface area contributed by atoms with Crippen LogP contribution in [0.15, 0.2) is 18.7 Å². The van der Waals surface area contributed by atoms with Crippen molar-refractivity contribution in [3.63, 3.8) is 0 Å². The van der Waals surface area contributed by atoms with Crippen molar-refractivity contribution in [2.24, 2.45) is 28.9 Å². The van der Waals surface area contributed by atoms with Crippen molar-refractivity contribution in [3.05, 3.63) is 24.3 Å². The van der Waals surface area contributed by atoms with Crippen LogP contribution in [0.5, 0.6) is 0 Å². The van der Waals surface area contributed by atoms with Crippen LogP contribution in [-0.4, -0.2) is 9.97 Å². The van der Waals surface area contributed by atoms with Gasteiger partial charge in [0.25, 0.3) is 0 Å². The first-order valence-corrected chi connectivity index (χ1v) is 8.23. The van der Waals surface area contributed by atoms with Crippen LogP contribution in [-0.2, 0) is 0 Å². The smallest absolute Gasteiger partial charge is 0.115 e. The molecule has 5 rings (SSSR count). The van der Waals surface area contributed by atoms with Crippen LogP contribution < -0.4 is 5.73 Å². The summed E-state index contributed by atoms with van der Waals surface area (Å²) in [6.45, 7) is 0. The van der Waals surface area contributed by atoms with Gasteiger partial charge in [0.15, 0.2) is 0 Å². The number of rotatable bonds is 4. The first kappa shape index (κ1) is 12.8. The molecule has 4 aliphatic carbocycles. The fourth-order valence-corrected chi connectivity index (χ4v) is 5.73. The maximum absolute atomic E-state index is 6.34. The average Bonchev–Trinajstić information content (AvgIpc) is 2.44. The molecule has 20 heavy (non-hydrogen) atoms. The molecule has 1 atom stereocenters. The van der Waals surface area contributed by atoms with Gasteiger partial charge in [-0.25, -0.2) is 9.97 Å². The lowest BCUT2D eigenvalue weighted by Crippen LogP contribution is -2.46. The number of hydrogen-bond donors (Lipinski definition) is 1. The Bertz CT molecular complexity index is 435. The summed E-state index contributed by atoms with van der Waals surface area (Å²) in [4.78, 5) is 8.18. The summed E-state index contributed by atoms with van der Waals surface area (Å²) in [7, 11) is 0. The van der Waals surface area contributed by atoms with Crippen LogP contribution >= 0.6 is 0 Å². The minimum absolute atomic E-state index is 0.115. The molecule has 108 valence electrons. The largest absolute Gasteiger partial charge is 0.324 e. The third-order valence-corrected chi connectivity index (χ3v) is 6.16. The highest BCUT2D eigenvalue weighted by molar-refractivity contribution is 5.09. The lowest BCUT2D eigenvalue weighted by atomic mass is 9.48. The van der Waals surface area contributed by atoms with E-state index in [9.17, 15) is 0 Å². The third kappa shape index (κ3) is 2.26. The summed E-state index contributed by atoms with van der Waals surface area (Å²) in [6, 6.07) is 0.115. The Kier molecular flexibility index (Phi) is 3.06. The molecule has 3 nitrogen and oxygen atoms in total. The van der Waals surface area contributed by atoms with E-state index in [0.29, 0.717) is 5.41 Å². The summed E-state index contributed by atoms with van der Waals surface area (Å²) in [5.74, 6) is 3.12. The summed E-state index contributed by atoms with van der Waals surface area (Å²) in [5.41, 5.74) is 8.08. The molecule has 3 heteroatoms. The van der Waals surface area contributed by atoms with Gasteiger partial charge in [0.2, 0.25) is 0 Å². The Morgan fingerprint density at radius 3 is 2.15 bits per heavy atom. The van der Waals surface area contributed by atoms with Crippen LogP contribution in [0.2, 0.25) is 0 Å². The maximum atomic E-state index is 6.34. The van der Waals surface area contributed by atoms with Gasteiger partial charge >= 0.3 is 0 Å². The fourth-order valence-electron chi connectivity index (χ4n) is 5.73. The molecule has 1 aromatic heterocycles. The predicted octanol–water partition coefficient (Wildman–Crippen LogP) is 3.47. The molecule has 4 saturated carbocycles. The van der Waals surface area contributed by atoms with Crippen LogP contribution in [0, 0.1) is 23.2 Å². The van der Waals surface area contributed by atoms with Crippen molar-refractivity contribution >= 4 is 0 Å². The first-order valence-electron chi connectivity index (χ1n) is 8.23. The third-order valence-electron chi connectivity index (χ3n) is 6.16. The van der Waals surface area contributed by atoms with Crippen molar-refractivity contribution < 1.29 is 0 Å². The zero-order valence-electron chi connectivity index (χ0n) is 12.2. The van der Waals surface area contributed by atoms with Gasteiger partial charge in [0.05, 0.1) is 0 Å². The second kappa shape index (κ2) is 4.80. The van der Waals surface area contributed by atoms with Crippen molar-refractivity contribution in [1.29, 1.82) is 0 Å². The molecular formula is C17H25N3. The van der Waals surface area contributed by atoms with Gasteiger partial charge in [-0.3, -0.25) is 0 Å². The van der Waals surface area contributed by atoms with Crippen molar-refractivity contribution in [1.82, 2.24) is 9.97 Å². The van der Waals surface area contributed by atoms with Crippen LogP contribution in [0.3, 0.4) is 0 Å². The Balaban J connectivity index is 1.42. The summed E-state index contributed by atoms with van der Waals surface area (Å²) in [5, 5.41) is 0. The van der Waals surface area contributed by atoms with Crippen LogP contribution in [0.4, 0.5) is 0 Å². The van der Waals surface area contributed by atoms with E-state index in [0.717, 1.165) is 29.7 Å². The van der Waals surface area contributed by atoms with Gasteiger partial charge in [-0.15, -0.1) is 0 Å². The minimum atomic E-state index is 0.115. The molecule has 1 heterocycles. The molecule has 0 amide bonds. The first-order chi connectivity index (χ1) is 9.72. The van der Waals surface area contributed by atoms with E-state index in [1.165, 1.54) is 44.9 Å². The molecule has 4 bridgehead atoms. The molecule has 1 unspecified atom stereocenters. The van der Waals surface area contributed by atoms with Gasteiger partial charge in [0.1, 0.15) is 6.33 Å². The average molecular weight is 271 g/mol. The standard InChI is InChI=1S/C17H25N3/c18-16(15-9-19-11-20-10-15)1-2-17-6-12-3-13(7-17)5-14(4-12)8-17/h9-14,16H,1-8,18H2. The van der Waals surface area contributed by atoms with Gasteiger partial charge in [0, 0.05) is 24.0 Å². The normalized spacial score (nSPS) is 40.0. The second-order valence-electron chi connectivity index (χ2n) is 7.73. The van der Waals surface area contributed by atoms with Gasteiger partial charge in [-0.2, -0.15) is 0 Å². The lowest BCUT2D eigenvalue weighted by molar-refractivity contribution is -0.0588. The maximum Gasteiger partial charge on any atom is 0.115 e. The van der Waals surface area contributed by atoms with Gasteiger partial charge in [-0.05, 0) is 74.5 Å². The fraction of sp³-hybridized carbons (Fsp3) is 0.765. The molecule has 4 fully saturated rings. The molecule has 0 spiro atoms. The number of nitrogens with two attached hydrogens (primary N) is 1. The Hall–Kier alpha value is -0.960.